The predicted octanol–water partition coefficient (Wildman–Crippen LogP) is 2.45. The number of H-pyrrole nitrogens is 1. The van der Waals surface area contributed by atoms with Crippen LogP contribution in [0.25, 0.3) is 0 Å². The fraction of sp³-hybridized carbons (Fsp3) is 0. The van der Waals surface area contributed by atoms with Crippen LogP contribution < -0.4 is 16.0 Å². The van der Waals surface area contributed by atoms with Crippen molar-refractivity contribution in [3.63, 3.8) is 0 Å². The highest BCUT2D eigenvalue weighted by Gasteiger charge is 2.10. The Morgan fingerprint density at radius 3 is 2.41 bits per heavy atom. The van der Waals surface area contributed by atoms with E-state index in [1.165, 1.54) is 24.3 Å². The number of hydrogen-bond donors (Lipinski definition) is 2. The Morgan fingerprint density at radius 1 is 1.24 bits per heavy atom. The third-order valence-corrected chi connectivity index (χ3v) is 2.44. The van der Waals surface area contributed by atoms with E-state index >= 15 is 0 Å². The van der Waals surface area contributed by atoms with Crippen molar-refractivity contribution in [1.29, 1.82) is 0 Å². The number of aromatic amines is 1. The molecule has 0 fully saturated rings. The van der Waals surface area contributed by atoms with Gasteiger partial charge >= 0.3 is 0 Å². The highest BCUT2D eigenvalue weighted by Crippen LogP contribution is 2.37. The van der Waals surface area contributed by atoms with Crippen LogP contribution in [0.15, 0.2) is 29.1 Å². The lowest BCUT2D eigenvalue weighted by Gasteiger charge is -2.08. The SMILES string of the molecule is Nc1cc(Cl)c(Oc2ccc(=O)[nH]n2)c(Cl)c1. The first kappa shape index (κ1) is 11.8. The predicted molar refractivity (Wildman–Crippen MR) is 65.8 cm³/mol. The minimum absolute atomic E-state index is 0.179. The summed E-state index contributed by atoms with van der Waals surface area (Å²) in [5.74, 6) is 0.417. The summed E-state index contributed by atoms with van der Waals surface area (Å²) in [7, 11) is 0. The molecule has 2 aromatic rings. The Labute approximate surface area is 106 Å². The lowest BCUT2D eigenvalue weighted by Crippen LogP contribution is -2.05. The second-order valence-corrected chi connectivity index (χ2v) is 3.99. The standard InChI is InChI=1S/C10H7Cl2N3O2/c11-6-3-5(13)4-7(12)10(6)17-9-2-1-8(16)14-15-9/h1-4H,13H2,(H,14,16). The van der Waals surface area contributed by atoms with Crippen LogP contribution in [0.3, 0.4) is 0 Å². The molecule has 0 bridgehead atoms. The van der Waals surface area contributed by atoms with E-state index in [1.54, 1.807) is 0 Å². The molecule has 0 saturated carbocycles. The fourth-order valence-electron chi connectivity index (χ4n) is 1.17. The first-order chi connectivity index (χ1) is 8.06. The smallest absolute Gasteiger partial charge is 0.264 e. The fourth-order valence-corrected chi connectivity index (χ4v) is 1.75. The number of nitrogens with two attached hydrogens (primary N) is 1. The van der Waals surface area contributed by atoms with Gasteiger partial charge in [0.25, 0.3) is 5.56 Å². The average molecular weight is 272 g/mol. The van der Waals surface area contributed by atoms with Gasteiger partial charge in [-0.25, -0.2) is 5.10 Å². The summed E-state index contributed by atoms with van der Waals surface area (Å²) in [5, 5.41) is 6.43. The van der Waals surface area contributed by atoms with Crippen molar-refractivity contribution in [2.75, 3.05) is 5.73 Å². The Morgan fingerprint density at radius 2 is 1.88 bits per heavy atom. The zero-order chi connectivity index (χ0) is 12.4. The van der Waals surface area contributed by atoms with Crippen LogP contribution in [0.4, 0.5) is 5.69 Å². The Bertz CT molecular complexity index is 569. The normalized spacial score (nSPS) is 10.2. The van der Waals surface area contributed by atoms with Crippen LogP contribution in [0.1, 0.15) is 0 Å². The Kier molecular flexibility index (Phi) is 3.21. The van der Waals surface area contributed by atoms with Gasteiger partial charge in [-0.15, -0.1) is 5.10 Å². The zero-order valence-corrected chi connectivity index (χ0v) is 9.92. The van der Waals surface area contributed by atoms with E-state index in [1.807, 2.05) is 0 Å². The second kappa shape index (κ2) is 4.65. The molecule has 88 valence electrons. The van der Waals surface area contributed by atoms with Crippen molar-refractivity contribution in [2.24, 2.45) is 0 Å². The number of rotatable bonds is 2. The highest BCUT2D eigenvalue weighted by molar-refractivity contribution is 6.37. The maximum absolute atomic E-state index is 10.8. The lowest BCUT2D eigenvalue weighted by molar-refractivity contribution is 0.455. The summed E-state index contributed by atoms with van der Waals surface area (Å²) in [6, 6.07) is 5.70. The number of benzene rings is 1. The summed E-state index contributed by atoms with van der Waals surface area (Å²) in [6.45, 7) is 0. The molecule has 1 heterocycles. The van der Waals surface area contributed by atoms with Crippen LogP contribution in [-0.2, 0) is 0 Å². The molecule has 0 aliphatic rings. The molecule has 0 aliphatic heterocycles. The van der Waals surface area contributed by atoms with E-state index in [0.717, 1.165) is 0 Å². The molecular weight excluding hydrogens is 265 g/mol. The number of nitrogen functional groups attached to an aromatic ring is 1. The van der Waals surface area contributed by atoms with Gasteiger partial charge in [-0.05, 0) is 12.1 Å². The molecule has 3 N–H and O–H groups in total. The van der Waals surface area contributed by atoms with Crippen molar-refractivity contribution >= 4 is 28.9 Å². The molecule has 0 spiro atoms. The number of nitrogens with zero attached hydrogens (tertiary/aromatic N) is 1. The number of ether oxygens (including phenoxy) is 1. The van der Waals surface area contributed by atoms with Crippen LogP contribution >= 0.6 is 23.2 Å². The van der Waals surface area contributed by atoms with E-state index in [2.05, 4.69) is 10.2 Å². The van der Waals surface area contributed by atoms with Gasteiger partial charge in [0.15, 0.2) is 5.75 Å². The molecule has 5 nitrogen and oxygen atoms in total. The van der Waals surface area contributed by atoms with Gasteiger partial charge in [0.1, 0.15) is 0 Å². The van der Waals surface area contributed by atoms with E-state index in [-0.39, 0.29) is 27.2 Å². The third-order valence-electron chi connectivity index (χ3n) is 1.88. The van der Waals surface area contributed by atoms with E-state index in [0.29, 0.717) is 5.69 Å². The van der Waals surface area contributed by atoms with Crippen molar-refractivity contribution in [3.05, 3.63) is 44.7 Å². The number of nitrogens with one attached hydrogen (secondary N) is 1. The van der Waals surface area contributed by atoms with Gasteiger partial charge in [-0.2, -0.15) is 0 Å². The third kappa shape index (κ3) is 2.69. The topological polar surface area (TPSA) is 81.0 Å². The quantitative estimate of drug-likeness (QED) is 0.823. The summed E-state index contributed by atoms with van der Waals surface area (Å²) in [5.41, 5.74) is 5.66. The van der Waals surface area contributed by atoms with Crippen LogP contribution in [0.5, 0.6) is 11.6 Å². The molecule has 2 rings (SSSR count). The summed E-state index contributed by atoms with van der Waals surface area (Å²) in [6.07, 6.45) is 0. The van der Waals surface area contributed by atoms with Crippen LogP contribution in [-0.4, -0.2) is 10.2 Å². The molecule has 1 aromatic carbocycles. The van der Waals surface area contributed by atoms with Gasteiger partial charge in [0.2, 0.25) is 5.88 Å². The Balaban J connectivity index is 2.36. The van der Waals surface area contributed by atoms with Crippen molar-refractivity contribution in [2.45, 2.75) is 0 Å². The monoisotopic (exact) mass is 271 g/mol. The second-order valence-electron chi connectivity index (χ2n) is 3.18. The minimum Gasteiger partial charge on any atom is -0.434 e. The number of halogens is 2. The molecule has 0 radical (unpaired) electrons. The van der Waals surface area contributed by atoms with Gasteiger partial charge < -0.3 is 10.5 Å². The first-order valence-electron chi connectivity index (χ1n) is 4.54. The summed E-state index contributed by atoms with van der Waals surface area (Å²) < 4.78 is 5.35. The van der Waals surface area contributed by atoms with Gasteiger partial charge in [0, 0.05) is 17.8 Å². The minimum atomic E-state index is -0.327. The molecule has 1 aromatic heterocycles. The maximum atomic E-state index is 10.8. The zero-order valence-electron chi connectivity index (χ0n) is 8.41. The van der Waals surface area contributed by atoms with E-state index in [4.69, 9.17) is 33.7 Å². The number of anilines is 1. The molecule has 0 unspecified atom stereocenters. The average Bonchev–Trinajstić information content (AvgIpc) is 2.26. The molecule has 0 aliphatic carbocycles. The maximum Gasteiger partial charge on any atom is 0.264 e. The Hall–Kier alpha value is -1.72. The van der Waals surface area contributed by atoms with E-state index < -0.39 is 0 Å². The molecular formula is C10H7Cl2N3O2. The van der Waals surface area contributed by atoms with Crippen LogP contribution in [0, 0.1) is 0 Å². The number of aromatic nitrogens is 2. The molecule has 0 saturated heterocycles. The first-order valence-corrected chi connectivity index (χ1v) is 5.30. The van der Waals surface area contributed by atoms with Crippen molar-refractivity contribution < 1.29 is 4.74 Å². The largest absolute Gasteiger partial charge is 0.434 e. The van der Waals surface area contributed by atoms with Gasteiger partial charge in [0.05, 0.1) is 10.0 Å². The van der Waals surface area contributed by atoms with Gasteiger partial charge in [-0.1, -0.05) is 23.2 Å². The van der Waals surface area contributed by atoms with Gasteiger partial charge in [-0.3, -0.25) is 4.79 Å². The molecule has 17 heavy (non-hydrogen) atoms. The summed E-state index contributed by atoms with van der Waals surface area (Å²) >= 11 is 11.9. The molecule has 0 amide bonds. The van der Waals surface area contributed by atoms with E-state index in [9.17, 15) is 4.79 Å². The van der Waals surface area contributed by atoms with Crippen LogP contribution in [0.2, 0.25) is 10.0 Å². The molecule has 7 heteroatoms. The number of hydrogen-bond acceptors (Lipinski definition) is 4. The molecule has 0 atom stereocenters. The van der Waals surface area contributed by atoms with Crippen molar-refractivity contribution in [3.8, 4) is 11.6 Å². The lowest BCUT2D eigenvalue weighted by atomic mass is 10.3. The van der Waals surface area contributed by atoms with Crippen molar-refractivity contribution in [1.82, 2.24) is 10.2 Å². The summed E-state index contributed by atoms with van der Waals surface area (Å²) in [4.78, 5) is 10.8. The highest BCUT2D eigenvalue weighted by atomic mass is 35.5.